The van der Waals surface area contributed by atoms with E-state index in [1.165, 1.54) is 6.07 Å². The molecule has 0 spiro atoms. The van der Waals surface area contributed by atoms with Gasteiger partial charge in [0.2, 0.25) is 5.91 Å². The van der Waals surface area contributed by atoms with E-state index in [4.69, 9.17) is 5.11 Å². The predicted octanol–water partition coefficient (Wildman–Crippen LogP) is 2.82. The third-order valence-corrected chi connectivity index (χ3v) is 3.09. The van der Waals surface area contributed by atoms with E-state index in [0.29, 0.717) is 18.4 Å². The van der Waals surface area contributed by atoms with Gasteiger partial charge in [-0.05, 0) is 43.9 Å². The molecule has 0 aliphatic rings. The number of carbonyl (C=O) groups excluding carboxylic acids is 1. The zero-order chi connectivity index (χ0) is 16.5. The summed E-state index contributed by atoms with van der Waals surface area (Å²) >= 11 is 0. The number of rotatable bonds is 8. The van der Waals surface area contributed by atoms with E-state index >= 15 is 0 Å². The SMILES string of the molecule is C/C=C/CC(NC(=O)CCCc1ccc(F)c(F)c1)C(=O)O. The number of carbonyl (C=O) groups is 2. The van der Waals surface area contributed by atoms with Gasteiger partial charge in [0.05, 0.1) is 0 Å². The van der Waals surface area contributed by atoms with Crippen LogP contribution in [0.2, 0.25) is 0 Å². The van der Waals surface area contributed by atoms with Gasteiger partial charge in [0.25, 0.3) is 0 Å². The summed E-state index contributed by atoms with van der Waals surface area (Å²) < 4.78 is 25.8. The predicted molar refractivity (Wildman–Crippen MR) is 78.3 cm³/mol. The monoisotopic (exact) mass is 311 g/mol. The lowest BCUT2D eigenvalue weighted by atomic mass is 10.1. The highest BCUT2D eigenvalue weighted by atomic mass is 19.2. The lowest BCUT2D eigenvalue weighted by Crippen LogP contribution is -2.40. The minimum Gasteiger partial charge on any atom is -0.480 e. The van der Waals surface area contributed by atoms with Gasteiger partial charge in [-0.1, -0.05) is 18.2 Å². The summed E-state index contributed by atoms with van der Waals surface area (Å²) in [5.74, 6) is -3.29. The van der Waals surface area contributed by atoms with Crippen molar-refractivity contribution in [1.29, 1.82) is 0 Å². The minimum absolute atomic E-state index is 0.124. The zero-order valence-corrected chi connectivity index (χ0v) is 12.3. The fourth-order valence-corrected chi connectivity index (χ4v) is 1.91. The molecule has 6 heteroatoms. The summed E-state index contributed by atoms with van der Waals surface area (Å²) in [6, 6.07) is 2.65. The molecule has 0 aliphatic carbocycles. The molecule has 0 saturated carbocycles. The standard InChI is InChI=1S/C16H19F2NO3/c1-2-3-6-14(16(21)22)19-15(20)7-4-5-11-8-9-12(17)13(18)10-11/h2-3,8-10,14H,4-7H2,1H3,(H,19,20)(H,21,22)/b3-2+. The molecule has 1 unspecified atom stereocenters. The van der Waals surface area contributed by atoms with Gasteiger partial charge < -0.3 is 10.4 Å². The highest BCUT2D eigenvalue weighted by molar-refractivity contribution is 5.83. The van der Waals surface area contributed by atoms with Crippen LogP contribution in [0.1, 0.15) is 31.7 Å². The lowest BCUT2D eigenvalue weighted by molar-refractivity contribution is -0.141. The Hall–Kier alpha value is -2.24. The van der Waals surface area contributed by atoms with E-state index in [-0.39, 0.29) is 18.7 Å². The number of nitrogens with one attached hydrogen (secondary N) is 1. The summed E-state index contributed by atoms with van der Waals surface area (Å²) in [7, 11) is 0. The Morgan fingerprint density at radius 3 is 2.64 bits per heavy atom. The highest BCUT2D eigenvalue weighted by Gasteiger charge is 2.17. The molecule has 0 saturated heterocycles. The van der Waals surface area contributed by atoms with Crippen LogP contribution in [-0.4, -0.2) is 23.0 Å². The molecule has 4 nitrogen and oxygen atoms in total. The number of hydrogen-bond donors (Lipinski definition) is 2. The van der Waals surface area contributed by atoms with Gasteiger partial charge in [-0.15, -0.1) is 0 Å². The molecule has 1 aromatic rings. The second-order valence-electron chi connectivity index (χ2n) is 4.87. The number of allylic oxidation sites excluding steroid dienone is 1. The van der Waals surface area contributed by atoms with Crippen molar-refractivity contribution in [3.8, 4) is 0 Å². The van der Waals surface area contributed by atoms with Crippen molar-refractivity contribution in [2.24, 2.45) is 0 Å². The van der Waals surface area contributed by atoms with Gasteiger partial charge in [0, 0.05) is 6.42 Å². The fraction of sp³-hybridized carbons (Fsp3) is 0.375. The molecule has 1 aromatic carbocycles. The third-order valence-electron chi connectivity index (χ3n) is 3.09. The van der Waals surface area contributed by atoms with E-state index in [9.17, 15) is 18.4 Å². The molecule has 0 heterocycles. The molecular formula is C16H19F2NO3. The summed E-state index contributed by atoms with van der Waals surface area (Å²) in [6.45, 7) is 1.77. The second-order valence-corrected chi connectivity index (χ2v) is 4.87. The van der Waals surface area contributed by atoms with E-state index in [1.54, 1.807) is 19.1 Å². The maximum Gasteiger partial charge on any atom is 0.326 e. The van der Waals surface area contributed by atoms with E-state index in [1.807, 2.05) is 0 Å². The number of carboxylic acid groups (broad SMARTS) is 1. The summed E-state index contributed by atoms with van der Waals surface area (Å²) in [5.41, 5.74) is 0.593. The van der Waals surface area contributed by atoms with Crippen LogP contribution < -0.4 is 5.32 Å². The van der Waals surface area contributed by atoms with Crippen LogP contribution in [0, 0.1) is 11.6 Å². The lowest BCUT2D eigenvalue weighted by Gasteiger charge is -2.12. The first-order valence-corrected chi connectivity index (χ1v) is 7.01. The van der Waals surface area contributed by atoms with Crippen LogP contribution in [0.4, 0.5) is 8.78 Å². The summed E-state index contributed by atoms with van der Waals surface area (Å²) in [4.78, 5) is 22.7. The molecule has 0 bridgehead atoms. The fourth-order valence-electron chi connectivity index (χ4n) is 1.91. The van der Waals surface area contributed by atoms with Crippen LogP contribution in [0.3, 0.4) is 0 Å². The molecule has 22 heavy (non-hydrogen) atoms. The third kappa shape index (κ3) is 6.03. The van der Waals surface area contributed by atoms with Crippen molar-refractivity contribution in [3.05, 3.63) is 47.5 Å². The van der Waals surface area contributed by atoms with Crippen LogP contribution >= 0.6 is 0 Å². The number of aliphatic carboxylic acids is 1. The van der Waals surface area contributed by atoms with Crippen molar-refractivity contribution in [1.82, 2.24) is 5.32 Å². The second kappa shape index (κ2) is 8.92. The summed E-state index contributed by atoms with van der Waals surface area (Å²) in [5, 5.41) is 11.4. The summed E-state index contributed by atoms with van der Waals surface area (Å²) in [6.07, 6.45) is 4.56. The quantitative estimate of drug-likeness (QED) is 0.726. The van der Waals surface area contributed by atoms with Gasteiger partial charge in [-0.2, -0.15) is 0 Å². The van der Waals surface area contributed by atoms with Gasteiger partial charge in [0.1, 0.15) is 6.04 Å². The van der Waals surface area contributed by atoms with Crippen molar-refractivity contribution in [2.45, 2.75) is 38.6 Å². The van der Waals surface area contributed by atoms with E-state index in [0.717, 1.165) is 12.1 Å². The van der Waals surface area contributed by atoms with Crippen LogP contribution in [0.5, 0.6) is 0 Å². The Labute approximate surface area is 127 Å². The van der Waals surface area contributed by atoms with Gasteiger partial charge in [-0.25, -0.2) is 13.6 Å². The van der Waals surface area contributed by atoms with Gasteiger partial charge in [-0.3, -0.25) is 4.79 Å². The molecular weight excluding hydrogens is 292 g/mol. The van der Waals surface area contributed by atoms with Crippen LogP contribution in [0.15, 0.2) is 30.4 Å². The molecule has 120 valence electrons. The molecule has 0 aliphatic heterocycles. The average Bonchev–Trinajstić information content (AvgIpc) is 2.47. The van der Waals surface area contributed by atoms with Crippen molar-refractivity contribution in [3.63, 3.8) is 0 Å². The molecule has 0 aromatic heterocycles. The first-order valence-electron chi connectivity index (χ1n) is 7.01. The van der Waals surface area contributed by atoms with Crippen molar-refractivity contribution in [2.75, 3.05) is 0 Å². The number of carboxylic acids is 1. The number of hydrogen-bond acceptors (Lipinski definition) is 2. The molecule has 1 atom stereocenters. The normalized spacial score (nSPS) is 12.3. The Bertz CT molecular complexity index is 558. The van der Waals surface area contributed by atoms with Crippen molar-refractivity contribution >= 4 is 11.9 Å². The maximum absolute atomic E-state index is 13.0. The Morgan fingerprint density at radius 2 is 2.05 bits per heavy atom. The average molecular weight is 311 g/mol. The van der Waals surface area contributed by atoms with E-state index in [2.05, 4.69) is 5.32 Å². The Balaban J connectivity index is 2.41. The van der Waals surface area contributed by atoms with Crippen molar-refractivity contribution < 1.29 is 23.5 Å². The Morgan fingerprint density at radius 1 is 1.32 bits per heavy atom. The van der Waals surface area contributed by atoms with E-state index < -0.39 is 23.6 Å². The first-order chi connectivity index (χ1) is 10.4. The number of aryl methyl sites for hydroxylation is 1. The number of benzene rings is 1. The van der Waals surface area contributed by atoms with Crippen LogP contribution in [-0.2, 0) is 16.0 Å². The minimum atomic E-state index is -1.09. The first kappa shape index (κ1) is 17.8. The molecule has 1 amide bonds. The van der Waals surface area contributed by atoms with Gasteiger partial charge >= 0.3 is 5.97 Å². The molecule has 2 N–H and O–H groups in total. The zero-order valence-electron chi connectivity index (χ0n) is 12.3. The number of amides is 1. The highest BCUT2D eigenvalue weighted by Crippen LogP contribution is 2.11. The largest absolute Gasteiger partial charge is 0.480 e. The smallest absolute Gasteiger partial charge is 0.326 e. The Kier molecular flexibility index (Phi) is 7.22. The topological polar surface area (TPSA) is 66.4 Å². The molecule has 0 fully saturated rings. The number of halogens is 2. The maximum atomic E-state index is 13.0. The van der Waals surface area contributed by atoms with Crippen LogP contribution in [0.25, 0.3) is 0 Å². The van der Waals surface area contributed by atoms with Gasteiger partial charge in [0.15, 0.2) is 11.6 Å². The molecule has 0 radical (unpaired) electrons. The molecule has 1 rings (SSSR count).